The molecule has 0 bridgehead atoms. The van der Waals surface area contributed by atoms with E-state index in [1.165, 1.54) is 24.3 Å². The summed E-state index contributed by atoms with van der Waals surface area (Å²) >= 11 is 0. The van der Waals surface area contributed by atoms with Gasteiger partial charge in [-0.1, -0.05) is 12.1 Å². The van der Waals surface area contributed by atoms with E-state index in [0.29, 0.717) is 11.8 Å². The number of nitrogens with one attached hydrogen (secondary N) is 1. The maximum Gasteiger partial charge on any atom is 0.408 e. The van der Waals surface area contributed by atoms with Crippen LogP contribution in [0.1, 0.15) is 32.3 Å². The van der Waals surface area contributed by atoms with Gasteiger partial charge < -0.3 is 14.8 Å². The van der Waals surface area contributed by atoms with Crippen molar-refractivity contribution >= 4 is 22.2 Å². The molecule has 0 spiro atoms. The molecule has 1 amide bonds. The zero-order valence-electron chi connectivity index (χ0n) is 13.9. The Balaban J connectivity index is 2.36. The topological polar surface area (TPSA) is 89.5 Å². The number of sulfone groups is 1. The van der Waals surface area contributed by atoms with Crippen LogP contribution in [-0.2, 0) is 19.4 Å². The van der Waals surface area contributed by atoms with Gasteiger partial charge in [-0.25, -0.2) is 17.6 Å². The van der Waals surface area contributed by atoms with Crippen LogP contribution in [-0.4, -0.2) is 43.4 Å². The van der Waals surface area contributed by atoms with Gasteiger partial charge in [0.05, 0.1) is 0 Å². The van der Waals surface area contributed by atoms with Gasteiger partial charge in [0.25, 0.3) is 0 Å². The van der Waals surface area contributed by atoms with Crippen LogP contribution in [0.5, 0.6) is 0 Å². The number of halogens is 1. The maximum absolute atomic E-state index is 13.1. The van der Waals surface area contributed by atoms with Crippen LogP contribution < -0.4 is 5.32 Å². The van der Waals surface area contributed by atoms with E-state index in [-0.39, 0.29) is 0 Å². The molecule has 0 unspecified atom stereocenters. The lowest BCUT2D eigenvalue weighted by molar-refractivity contribution is -0.110. The number of hydrogen-bond donors (Lipinski definition) is 1. The van der Waals surface area contributed by atoms with E-state index >= 15 is 0 Å². The zero-order valence-corrected chi connectivity index (χ0v) is 14.7. The first kappa shape index (κ1) is 18.4. The molecule has 0 saturated heterocycles. The largest absolute Gasteiger partial charge is 0.444 e. The van der Waals surface area contributed by atoms with E-state index in [9.17, 15) is 22.4 Å². The Labute approximate surface area is 140 Å². The standard InChI is InChI=1S/C16H20FNO5S/c1-15(2,3)23-14(20)18-16(9-19)12(13(16)24(4,21)22)10-5-7-11(17)8-6-10/h5-9,12-13H,1-4H3,(H,18,20)/t12-,13+,16+/m1/s1. The first-order chi connectivity index (χ1) is 10.9. The molecule has 1 aliphatic carbocycles. The summed E-state index contributed by atoms with van der Waals surface area (Å²) in [7, 11) is -3.64. The summed E-state index contributed by atoms with van der Waals surface area (Å²) in [5, 5.41) is 1.27. The highest BCUT2D eigenvalue weighted by Crippen LogP contribution is 2.54. The van der Waals surface area contributed by atoms with E-state index < -0.39 is 44.1 Å². The second-order valence-corrected chi connectivity index (χ2v) is 9.12. The number of rotatable bonds is 4. The number of alkyl carbamates (subject to hydrolysis) is 1. The average molecular weight is 357 g/mol. The highest BCUT2D eigenvalue weighted by Gasteiger charge is 2.71. The molecule has 24 heavy (non-hydrogen) atoms. The molecule has 0 aromatic heterocycles. The summed E-state index contributed by atoms with van der Waals surface area (Å²) in [6.07, 6.45) is 0.528. The lowest BCUT2D eigenvalue weighted by atomic mass is 10.1. The second kappa shape index (κ2) is 5.84. The molecule has 1 aliphatic rings. The summed E-state index contributed by atoms with van der Waals surface area (Å²) in [6.45, 7) is 4.95. The Bertz CT molecular complexity index is 754. The van der Waals surface area contributed by atoms with Gasteiger partial charge in [-0.15, -0.1) is 0 Å². The van der Waals surface area contributed by atoms with Gasteiger partial charge in [0.15, 0.2) is 9.84 Å². The number of carbonyl (C=O) groups is 2. The van der Waals surface area contributed by atoms with Crippen molar-refractivity contribution in [2.75, 3.05) is 6.26 Å². The molecule has 132 valence electrons. The average Bonchev–Trinajstić information content (AvgIpc) is 3.06. The third kappa shape index (κ3) is 3.58. The number of amides is 1. The van der Waals surface area contributed by atoms with E-state index in [1.54, 1.807) is 20.8 Å². The van der Waals surface area contributed by atoms with Crippen molar-refractivity contribution in [2.24, 2.45) is 0 Å². The molecule has 1 aromatic carbocycles. The molecule has 1 fully saturated rings. The Morgan fingerprint density at radius 2 is 1.83 bits per heavy atom. The van der Waals surface area contributed by atoms with Gasteiger partial charge in [0.2, 0.25) is 0 Å². The number of benzene rings is 1. The van der Waals surface area contributed by atoms with Crippen molar-refractivity contribution in [2.45, 2.75) is 43.1 Å². The van der Waals surface area contributed by atoms with Crippen molar-refractivity contribution in [3.63, 3.8) is 0 Å². The fourth-order valence-corrected chi connectivity index (χ4v) is 4.66. The third-order valence-corrected chi connectivity index (χ3v) is 5.37. The van der Waals surface area contributed by atoms with Crippen molar-refractivity contribution in [1.29, 1.82) is 0 Å². The summed E-state index contributed by atoms with van der Waals surface area (Å²) < 4.78 is 42.3. The maximum atomic E-state index is 13.1. The van der Waals surface area contributed by atoms with Gasteiger partial charge in [-0.05, 0) is 38.5 Å². The Morgan fingerprint density at radius 1 is 1.29 bits per heavy atom. The SMILES string of the molecule is CC(C)(C)OC(=O)N[C@@]1(C=O)[C@H](c2ccc(F)cc2)[C@@H]1S(C)(=O)=O. The zero-order chi connectivity index (χ0) is 18.3. The molecule has 1 N–H and O–H groups in total. The minimum Gasteiger partial charge on any atom is -0.444 e. The molecule has 2 rings (SSSR count). The van der Waals surface area contributed by atoms with Gasteiger partial charge in [0, 0.05) is 12.2 Å². The monoisotopic (exact) mass is 357 g/mol. The molecule has 0 aliphatic heterocycles. The summed E-state index contributed by atoms with van der Waals surface area (Å²) in [5.74, 6) is -1.27. The van der Waals surface area contributed by atoms with Gasteiger partial charge >= 0.3 is 6.09 Å². The molecular formula is C16H20FNO5S. The lowest BCUT2D eigenvalue weighted by Gasteiger charge is -2.22. The van der Waals surface area contributed by atoms with E-state index in [4.69, 9.17) is 4.74 Å². The fourth-order valence-electron chi connectivity index (χ4n) is 2.90. The van der Waals surface area contributed by atoms with Gasteiger partial charge in [-0.2, -0.15) is 0 Å². The summed E-state index contributed by atoms with van der Waals surface area (Å²) in [6, 6.07) is 5.16. The predicted molar refractivity (Wildman–Crippen MR) is 85.9 cm³/mol. The van der Waals surface area contributed by atoms with Crippen LogP contribution in [0, 0.1) is 5.82 Å². The van der Waals surface area contributed by atoms with E-state index in [1.807, 2.05) is 0 Å². The van der Waals surface area contributed by atoms with Crippen LogP contribution in [0.25, 0.3) is 0 Å². The molecule has 6 nitrogen and oxygen atoms in total. The van der Waals surface area contributed by atoms with E-state index in [0.717, 1.165) is 6.26 Å². The van der Waals surface area contributed by atoms with E-state index in [2.05, 4.69) is 5.32 Å². The lowest BCUT2D eigenvalue weighted by Crippen LogP contribution is -2.45. The van der Waals surface area contributed by atoms with Gasteiger partial charge in [-0.3, -0.25) is 0 Å². The molecule has 0 heterocycles. The van der Waals surface area contributed by atoms with Gasteiger partial charge in [0.1, 0.15) is 28.5 Å². The molecular weight excluding hydrogens is 337 g/mol. The van der Waals surface area contributed by atoms with Crippen LogP contribution in [0.2, 0.25) is 0 Å². The smallest absolute Gasteiger partial charge is 0.408 e. The first-order valence-electron chi connectivity index (χ1n) is 7.32. The van der Waals surface area contributed by atoms with Crippen molar-refractivity contribution < 1.29 is 27.1 Å². The third-order valence-electron chi connectivity index (χ3n) is 3.78. The molecule has 3 atom stereocenters. The molecule has 8 heteroatoms. The normalized spacial score (nSPS) is 26.5. The highest BCUT2D eigenvalue weighted by molar-refractivity contribution is 7.91. The summed E-state index contributed by atoms with van der Waals surface area (Å²) in [4.78, 5) is 23.7. The number of hydrogen-bond acceptors (Lipinski definition) is 5. The van der Waals surface area contributed by atoms with Crippen molar-refractivity contribution in [3.05, 3.63) is 35.6 Å². The number of aldehydes is 1. The van der Waals surface area contributed by atoms with Crippen molar-refractivity contribution in [3.8, 4) is 0 Å². The molecule has 1 saturated carbocycles. The Morgan fingerprint density at radius 3 is 2.25 bits per heavy atom. The van der Waals surface area contributed by atoms with Crippen LogP contribution >= 0.6 is 0 Å². The van der Waals surface area contributed by atoms with Crippen LogP contribution in [0.3, 0.4) is 0 Å². The minimum atomic E-state index is -3.64. The Hall–Kier alpha value is -1.96. The quantitative estimate of drug-likeness (QED) is 0.830. The summed E-state index contributed by atoms with van der Waals surface area (Å²) in [5.41, 5.74) is -1.96. The highest BCUT2D eigenvalue weighted by atomic mass is 32.2. The minimum absolute atomic E-state index is 0.413. The van der Waals surface area contributed by atoms with Crippen molar-refractivity contribution in [1.82, 2.24) is 5.32 Å². The Kier molecular flexibility index (Phi) is 4.47. The molecule has 1 aromatic rings. The molecule has 0 radical (unpaired) electrons. The van der Waals surface area contributed by atoms with Crippen LogP contribution in [0.15, 0.2) is 24.3 Å². The number of ether oxygens (including phenoxy) is 1. The fraction of sp³-hybridized carbons (Fsp3) is 0.500. The second-order valence-electron chi connectivity index (χ2n) is 6.96. The first-order valence-corrected chi connectivity index (χ1v) is 9.28. The predicted octanol–water partition coefficient (Wildman–Crippen LogP) is 1.80. The van der Waals surface area contributed by atoms with Crippen LogP contribution in [0.4, 0.5) is 9.18 Å². The number of carbonyl (C=O) groups excluding carboxylic acids is 2.